The zero-order valence-corrected chi connectivity index (χ0v) is 13.8. The Morgan fingerprint density at radius 2 is 1.75 bits per heavy atom. The van der Waals surface area contributed by atoms with E-state index in [-0.39, 0.29) is 12.1 Å². The van der Waals surface area contributed by atoms with Crippen LogP contribution in [-0.4, -0.2) is 23.6 Å². The zero-order chi connectivity index (χ0) is 16.6. The lowest BCUT2D eigenvalue weighted by Gasteiger charge is -2.33. The number of benzene rings is 2. The smallest absolute Gasteiger partial charge is 0.410 e. The van der Waals surface area contributed by atoms with Crippen molar-refractivity contribution in [2.24, 2.45) is 0 Å². The fourth-order valence-corrected chi connectivity index (χ4v) is 2.97. The van der Waals surface area contributed by atoms with E-state index in [4.69, 9.17) is 4.74 Å². The molecule has 0 aliphatic carbocycles. The topological polar surface area (TPSA) is 29.5 Å². The molecule has 3 rings (SSSR count). The summed E-state index contributed by atoms with van der Waals surface area (Å²) >= 11 is 0. The van der Waals surface area contributed by atoms with Crippen molar-refractivity contribution < 1.29 is 9.53 Å². The van der Waals surface area contributed by atoms with Crippen LogP contribution < -0.4 is 0 Å². The number of carbonyl (C=O) groups is 1. The molecule has 1 fully saturated rings. The van der Waals surface area contributed by atoms with Gasteiger partial charge in [0, 0.05) is 6.54 Å². The molecule has 1 aliphatic rings. The Kier molecular flexibility index (Phi) is 5.67. The van der Waals surface area contributed by atoms with Crippen molar-refractivity contribution in [1.29, 1.82) is 0 Å². The summed E-state index contributed by atoms with van der Waals surface area (Å²) in [4.78, 5) is 14.3. The van der Waals surface area contributed by atoms with Gasteiger partial charge in [-0.2, -0.15) is 0 Å². The lowest BCUT2D eigenvalue weighted by Crippen LogP contribution is -2.42. The minimum Gasteiger partial charge on any atom is -0.445 e. The molecule has 2 aromatic carbocycles. The average molecular weight is 321 g/mol. The van der Waals surface area contributed by atoms with E-state index in [0.717, 1.165) is 36.9 Å². The maximum Gasteiger partial charge on any atom is 0.410 e. The van der Waals surface area contributed by atoms with E-state index in [0.29, 0.717) is 6.61 Å². The first kappa shape index (κ1) is 16.3. The third kappa shape index (κ3) is 4.48. The van der Waals surface area contributed by atoms with Crippen LogP contribution in [0, 0.1) is 0 Å². The Bertz CT molecular complexity index is 667. The van der Waals surface area contributed by atoms with Gasteiger partial charge in [-0.15, -0.1) is 0 Å². The molecule has 0 saturated carbocycles. The summed E-state index contributed by atoms with van der Waals surface area (Å²) in [7, 11) is 0. The summed E-state index contributed by atoms with van der Waals surface area (Å²) in [6.45, 7) is 1.09. The van der Waals surface area contributed by atoms with E-state index in [2.05, 4.69) is 24.3 Å². The number of carbonyl (C=O) groups excluding carboxylic acids is 1. The van der Waals surface area contributed by atoms with Crippen LogP contribution in [0.4, 0.5) is 4.79 Å². The fraction of sp³-hybridized carbons (Fsp3) is 0.286. The van der Waals surface area contributed by atoms with Crippen LogP contribution in [0.15, 0.2) is 66.7 Å². The monoisotopic (exact) mass is 321 g/mol. The second-order valence-corrected chi connectivity index (χ2v) is 6.07. The van der Waals surface area contributed by atoms with Gasteiger partial charge in [-0.05, 0) is 30.4 Å². The predicted molar refractivity (Wildman–Crippen MR) is 96.4 cm³/mol. The Hall–Kier alpha value is -2.55. The average Bonchev–Trinajstić information content (AvgIpc) is 2.66. The number of likely N-dealkylation sites (tertiary alicyclic amines) is 1. The summed E-state index contributed by atoms with van der Waals surface area (Å²) < 4.78 is 5.50. The first-order chi connectivity index (χ1) is 11.8. The predicted octanol–water partition coefficient (Wildman–Crippen LogP) is 4.89. The summed E-state index contributed by atoms with van der Waals surface area (Å²) in [5, 5.41) is 0. The van der Waals surface area contributed by atoms with Crippen LogP contribution in [0.1, 0.15) is 30.4 Å². The minimum absolute atomic E-state index is 0.113. The largest absolute Gasteiger partial charge is 0.445 e. The molecule has 1 atom stereocenters. The van der Waals surface area contributed by atoms with Gasteiger partial charge in [-0.3, -0.25) is 0 Å². The summed E-state index contributed by atoms with van der Waals surface area (Å²) in [5.41, 5.74) is 2.17. The normalized spacial score (nSPS) is 17.8. The number of piperidine rings is 1. The zero-order valence-electron chi connectivity index (χ0n) is 13.8. The van der Waals surface area contributed by atoms with Gasteiger partial charge < -0.3 is 9.64 Å². The lowest BCUT2D eigenvalue weighted by molar-refractivity contribution is 0.0777. The van der Waals surface area contributed by atoms with Crippen molar-refractivity contribution in [2.45, 2.75) is 31.9 Å². The standard InChI is InChI=1S/C21H23NO2/c23-21(24-17-19-11-5-2-6-12-19)22-16-8-7-13-20(22)15-14-18-9-3-1-4-10-18/h1-6,9-12,14-15,20H,7-8,13,16-17H2/b15-14+. The highest BCUT2D eigenvalue weighted by Crippen LogP contribution is 2.20. The third-order valence-corrected chi connectivity index (χ3v) is 4.30. The highest BCUT2D eigenvalue weighted by atomic mass is 16.6. The van der Waals surface area contributed by atoms with E-state index in [1.54, 1.807) is 0 Å². The molecule has 0 aromatic heterocycles. The molecular formula is C21H23NO2. The van der Waals surface area contributed by atoms with Crippen LogP contribution in [0.3, 0.4) is 0 Å². The molecule has 1 aliphatic heterocycles. The Morgan fingerprint density at radius 1 is 1.04 bits per heavy atom. The van der Waals surface area contributed by atoms with E-state index >= 15 is 0 Å². The van der Waals surface area contributed by atoms with Gasteiger partial charge in [0.2, 0.25) is 0 Å². The first-order valence-electron chi connectivity index (χ1n) is 8.53. The van der Waals surface area contributed by atoms with Gasteiger partial charge in [0.25, 0.3) is 0 Å². The molecule has 0 radical (unpaired) electrons. The van der Waals surface area contributed by atoms with Crippen LogP contribution in [0.2, 0.25) is 0 Å². The van der Waals surface area contributed by atoms with Gasteiger partial charge >= 0.3 is 6.09 Å². The maximum atomic E-state index is 12.5. The molecule has 24 heavy (non-hydrogen) atoms. The number of nitrogens with zero attached hydrogens (tertiary/aromatic N) is 1. The number of amides is 1. The molecule has 1 unspecified atom stereocenters. The van der Waals surface area contributed by atoms with Gasteiger partial charge in [0.15, 0.2) is 0 Å². The van der Waals surface area contributed by atoms with E-state index < -0.39 is 0 Å². The molecule has 0 spiro atoms. The molecule has 3 nitrogen and oxygen atoms in total. The summed E-state index contributed by atoms with van der Waals surface area (Å²) in [6, 6.07) is 20.1. The Labute approximate surface area is 143 Å². The highest BCUT2D eigenvalue weighted by Gasteiger charge is 2.25. The van der Waals surface area contributed by atoms with Gasteiger partial charge in [-0.25, -0.2) is 4.79 Å². The maximum absolute atomic E-state index is 12.5. The third-order valence-electron chi connectivity index (χ3n) is 4.30. The molecule has 1 saturated heterocycles. The second kappa shape index (κ2) is 8.34. The van der Waals surface area contributed by atoms with Crippen LogP contribution in [0.5, 0.6) is 0 Å². The van der Waals surface area contributed by atoms with Crippen molar-refractivity contribution in [2.75, 3.05) is 6.54 Å². The minimum atomic E-state index is -0.221. The van der Waals surface area contributed by atoms with Crippen LogP contribution in [0.25, 0.3) is 6.08 Å². The number of ether oxygens (including phenoxy) is 1. The van der Waals surface area contributed by atoms with Crippen molar-refractivity contribution in [3.8, 4) is 0 Å². The molecule has 3 heteroatoms. The second-order valence-electron chi connectivity index (χ2n) is 6.07. The molecule has 1 amide bonds. The molecular weight excluding hydrogens is 298 g/mol. The van der Waals surface area contributed by atoms with E-state index in [1.807, 2.05) is 53.4 Å². The van der Waals surface area contributed by atoms with Crippen LogP contribution in [-0.2, 0) is 11.3 Å². The van der Waals surface area contributed by atoms with E-state index in [9.17, 15) is 4.79 Å². The number of hydrogen-bond acceptors (Lipinski definition) is 2. The van der Waals surface area contributed by atoms with Crippen molar-refractivity contribution >= 4 is 12.2 Å². The summed E-state index contributed by atoms with van der Waals surface area (Å²) in [6.07, 6.45) is 7.17. The first-order valence-corrected chi connectivity index (χ1v) is 8.53. The van der Waals surface area contributed by atoms with Crippen molar-refractivity contribution in [3.63, 3.8) is 0 Å². The molecule has 1 heterocycles. The molecule has 0 N–H and O–H groups in total. The molecule has 2 aromatic rings. The number of hydrogen-bond donors (Lipinski definition) is 0. The van der Waals surface area contributed by atoms with Crippen molar-refractivity contribution in [3.05, 3.63) is 77.9 Å². The van der Waals surface area contributed by atoms with Crippen LogP contribution >= 0.6 is 0 Å². The Morgan fingerprint density at radius 3 is 2.50 bits per heavy atom. The Balaban J connectivity index is 1.61. The van der Waals surface area contributed by atoms with Crippen molar-refractivity contribution in [1.82, 2.24) is 4.90 Å². The summed E-state index contributed by atoms with van der Waals surface area (Å²) in [5.74, 6) is 0. The quantitative estimate of drug-likeness (QED) is 0.802. The highest BCUT2D eigenvalue weighted by molar-refractivity contribution is 5.69. The lowest BCUT2D eigenvalue weighted by atomic mass is 10.0. The van der Waals surface area contributed by atoms with Gasteiger partial charge in [0.05, 0.1) is 6.04 Å². The van der Waals surface area contributed by atoms with E-state index in [1.165, 1.54) is 0 Å². The number of rotatable bonds is 4. The molecule has 0 bridgehead atoms. The SMILES string of the molecule is O=C(OCc1ccccc1)N1CCCCC1/C=C/c1ccccc1. The van der Waals surface area contributed by atoms with Gasteiger partial charge in [0.1, 0.15) is 6.61 Å². The molecule has 124 valence electrons. The van der Waals surface area contributed by atoms with Gasteiger partial charge in [-0.1, -0.05) is 72.8 Å². The fourth-order valence-electron chi connectivity index (χ4n) is 2.97.